The molecule has 124 valence electrons. The van der Waals surface area contributed by atoms with Crippen LogP contribution in [0.2, 0.25) is 0 Å². The molecule has 0 bridgehead atoms. The van der Waals surface area contributed by atoms with E-state index in [-0.39, 0.29) is 5.82 Å². The zero-order chi connectivity index (χ0) is 16.8. The van der Waals surface area contributed by atoms with Crippen molar-refractivity contribution in [1.29, 1.82) is 0 Å². The van der Waals surface area contributed by atoms with E-state index >= 15 is 0 Å². The van der Waals surface area contributed by atoms with E-state index in [1.165, 1.54) is 18.0 Å². The molecule has 3 aromatic rings. The van der Waals surface area contributed by atoms with Gasteiger partial charge < -0.3 is 10.2 Å². The van der Waals surface area contributed by atoms with Crippen LogP contribution in [-0.4, -0.2) is 35.0 Å². The molecular weight excluding hydrogens is 303 g/mol. The van der Waals surface area contributed by atoms with E-state index in [1.54, 1.807) is 6.07 Å². The molecule has 1 aromatic heterocycles. The standard InChI is InChI=1S/C19H21FN4/c1-24(13-15-7-3-2-4-8-15)12-6-11-21-19-16-9-5-10-17(20)18(16)22-14-23-19/h2-5,7-10,14H,6,11-13H2,1H3,(H,21,22,23). The number of rotatable bonds is 7. The summed E-state index contributed by atoms with van der Waals surface area (Å²) >= 11 is 0. The van der Waals surface area contributed by atoms with Crippen molar-refractivity contribution in [2.45, 2.75) is 13.0 Å². The molecule has 4 nitrogen and oxygen atoms in total. The molecule has 24 heavy (non-hydrogen) atoms. The van der Waals surface area contributed by atoms with Crippen LogP contribution in [0.4, 0.5) is 10.2 Å². The molecule has 5 heteroatoms. The smallest absolute Gasteiger partial charge is 0.149 e. The predicted molar refractivity (Wildman–Crippen MR) is 95.4 cm³/mol. The summed E-state index contributed by atoms with van der Waals surface area (Å²) < 4.78 is 13.7. The molecule has 0 fully saturated rings. The number of aromatic nitrogens is 2. The fourth-order valence-corrected chi connectivity index (χ4v) is 2.72. The topological polar surface area (TPSA) is 41.0 Å². The van der Waals surface area contributed by atoms with E-state index < -0.39 is 0 Å². The number of fused-ring (bicyclic) bond motifs is 1. The molecule has 1 heterocycles. The van der Waals surface area contributed by atoms with Gasteiger partial charge in [-0.3, -0.25) is 0 Å². The second kappa shape index (κ2) is 7.84. The van der Waals surface area contributed by atoms with Crippen molar-refractivity contribution in [2.75, 3.05) is 25.5 Å². The molecule has 0 spiro atoms. The third-order valence-corrected chi connectivity index (χ3v) is 3.92. The molecule has 3 rings (SSSR count). The van der Waals surface area contributed by atoms with Crippen molar-refractivity contribution >= 4 is 16.7 Å². The first-order valence-electron chi connectivity index (χ1n) is 8.09. The Morgan fingerprint density at radius 1 is 1.04 bits per heavy atom. The normalized spacial score (nSPS) is 11.1. The van der Waals surface area contributed by atoms with Crippen molar-refractivity contribution in [3.05, 3.63) is 66.2 Å². The largest absolute Gasteiger partial charge is 0.369 e. The minimum atomic E-state index is -0.319. The molecule has 0 amide bonds. The van der Waals surface area contributed by atoms with Crippen LogP contribution in [0.25, 0.3) is 10.9 Å². The fourth-order valence-electron chi connectivity index (χ4n) is 2.72. The Bertz CT molecular complexity index is 792. The summed E-state index contributed by atoms with van der Waals surface area (Å²) in [6.45, 7) is 2.68. The van der Waals surface area contributed by atoms with Gasteiger partial charge in [0.2, 0.25) is 0 Å². The van der Waals surface area contributed by atoms with Crippen LogP contribution in [0.5, 0.6) is 0 Å². The molecule has 0 radical (unpaired) electrons. The summed E-state index contributed by atoms with van der Waals surface area (Å²) in [4.78, 5) is 10.5. The molecular formula is C19H21FN4. The quantitative estimate of drug-likeness (QED) is 0.673. The third-order valence-electron chi connectivity index (χ3n) is 3.92. The van der Waals surface area contributed by atoms with Crippen LogP contribution in [0.1, 0.15) is 12.0 Å². The van der Waals surface area contributed by atoms with E-state index in [4.69, 9.17) is 0 Å². The minimum Gasteiger partial charge on any atom is -0.369 e. The molecule has 0 aliphatic carbocycles. The average Bonchev–Trinajstić information content (AvgIpc) is 2.60. The lowest BCUT2D eigenvalue weighted by molar-refractivity contribution is 0.325. The lowest BCUT2D eigenvalue weighted by atomic mass is 10.2. The summed E-state index contributed by atoms with van der Waals surface area (Å²) in [5, 5.41) is 4.01. The number of nitrogens with zero attached hydrogens (tertiary/aromatic N) is 3. The van der Waals surface area contributed by atoms with Gasteiger partial charge in [-0.15, -0.1) is 0 Å². The Morgan fingerprint density at radius 3 is 2.71 bits per heavy atom. The molecule has 0 saturated carbocycles. The van der Waals surface area contributed by atoms with Gasteiger partial charge in [0.05, 0.1) is 0 Å². The first-order valence-corrected chi connectivity index (χ1v) is 8.09. The highest BCUT2D eigenvalue weighted by molar-refractivity contribution is 5.89. The monoisotopic (exact) mass is 324 g/mol. The Balaban J connectivity index is 1.51. The zero-order valence-corrected chi connectivity index (χ0v) is 13.7. The van der Waals surface area contributed by atoms with Gasteiger partial charge in [-0.25, -0.2) is 14.4 Å². The Morgan fingerprint density at radius 2 is 1.88 bits per heavy atom. The summed E-state index contributed by atoms with van der Waals surface area (Å²) in [5.41, 5.74) is 1.67. The van der Waals surface area contributed by atoms with Crippen molar-refractivity contribution in [2.24, 2.45) is 0 Å². The van der Waals surface area contributed by atoms with Gasteiger partial charge in [0.25, 0.3) is 0 Å². The van der Waals surface area contributed by atoms with E-state index in [0.29, 0.717) is 11.3 Å². The number of para-hydroxylation sites is 1. The van der Waals surface area contributed by atoms with Crippen LogP contribution in [0.15, 0.2) is 54.9 Å². The fraction of sp³-hybridized carbons (Fsp3) is 0.263. The highest BCUT2D eigenvalue weighted by Gasteiger charge is 2.07. The maximum Gasteiger partial charge on any atom is 0.149 e. The van der Waals surface area contributed by atoms with Gasteiger partial charge in [0.15, 0.2) is 0 Å². The number of hydrogen-bond donors (Lipinski definition) is 1. The van der Waals surface area contributed by atoms with Gasteiger partial charge in [0, 0.05) is 18.5 Å². The first kappa shape index (κ1) is 16.3. The van der Waals surface area contributed by atoms with Crippen molar-refractivity contribution in [1.82, 2.24) is 14.9 Å². The predicted octanol–water partition coefficient (Wildman–Crippen LogP) is 3.70. The van der Waals surface area contributed by atoms with Gasteiger partial charge >= 0.3 is 0 Å². The van der Waals surface area contributed by atoms with Crippen LogP contribution >= 0.6 is 0 Å². The Hall–Kier alpha value is -2.53. The summed E-state index contributed by atoms with van der Waals surface area (Å²) in [6.07, 6.45) is 2.37. The highest BCUT2D eigenvalue weighted by atomic mass is 19.1. The van der Waals surface area contributed by atoms with Crippen molar-refractivity contribution in [3.63, 3.8) is 0 Å². The van der Waals surface area contributed by atoms with E-state index in [0.717, 1.165) is 31.4 Å². The van der Waals surface area contributed by atoms with Crippen LogP contribution in [0, 0.1) is 5.82 Å². The Labute approximate surface area is 141 Å². The van der Waals surface area contributed by atoms with Crippen molar-refractivity contribution < 1.29 is 4.39 Å². The summed E-state index contributed by atoms with van der Waals surface area (Å²) in [7, 11) is 2.11. The first-order chi connectivity index (χ1) is 11.7. The Kier molecular flexibility index (Phi) is 5.33. The average molecular weight is 324 g/mol. The number of anilines is 1. The third kappa shape index (κ3) is 4.06. The van der Waals surface area contributed by atoms with Gasteiger partial charge in [-0.2, -0.15) is 0 Å². The van der Waals surface area contributed by atoms with E-state index in [2.05, 4.69) is 51.5 Å². The summed E-state index contributed by atoms with van der Waals surface area (Å²) in [5.74, 6) is 0.366. The lowest BCUT2D eigenvalue weighted by Crippen LogP contribution is -2.21. The van der Waals surface area contributed by atoms with E-state index in [1.807, 2.05) is 12.1 Å². The molecule has 0 aliphatic rings. The molecule has 0 unspecified atom stereocenters. The summed E-state index contributed by atoms with van der Waals surface area (Å²) in [6, 6.07) is 15.4. The second-order valence-electron chi connectivity index (χ2n) is 5.86. The maximum absolute atomic E-state index is 13.7. The van der Waals surface area contributed by atoms with Crippen LogP contribution < -0.4 is 5.32 Å². The number of halogens is 1. The molecule has 0 saturated heterocycles. The second-order valence-corrected chi connectivity index (χ2v) is 5.86. The number of hydrogen-bond acceptors (Lipinski definition) is 4. The van der Waals surface area contributed by atoms with Gasteiger partial charge in [-0.05, 0) is 37.7 Å². The highest BCUT2D eigenvalue weighted by Crippen LogP contribution is 2.20. The molecule has 2 aromatic carbocycles. The zero-order valence-electron chi connectivity index (χ0n) is 13.7. The van der Waals surface area contributed by atoms with Crippen LogP contribution in [-0.2, 0) is 6.54 Å². The van der Waals surface area contributed by atoms with Gasteiger partial charge in [-0.1, -0.05) is 36.4 Å². The molecule has 1 N–H and O–H groups in total. The molecule has 0 atom stereocenters. The lowest BCUT2D eigenvalue weighted by Gasteiger charge is -2.17. The molecule has 0 aliphatic heterocycles. The minimum absolute atomic E-state index is 0.319. The van der Waals surface area contributed by atoms with Gasteiger partial charge in [0.1, 0.15) is 23.5 Å². The number of benzene rings is 2. The van der Waals surface area contributed by atoms with Crippen molar-refractivity contribution in [3.8, 4) is 0 Å². The maximum atomic E-state index is 13.7. The van der Waals surface area contributed by atoms with Crippen LogP contribution in [0.3, 0.4) is 0 Å². The number of nitrogens with one attached hydrogen (secondary N) is 1. The van der Waals surface area contributed by atoms with E-state index in [9.17, 15) is 4.39 Å². The SMILES string of the molecule is CN(CCCNc1ncnc2c(F)cccc12)Cc1ccccc1.